The minimum absolute atomic E-state index is 0.204. The number of aryl methyl sites for hydroxylation is 2. The fourth-order valence-electron chi connectivity index (χ4n) is 2.32. The van der Waals surface area contributed by atoms with Gasteiger partial charge in [-0.25, -0.2) is 4.79 Å². The van der Waals surface area contributed by atoms with Gasteiger partial charge in [-0.3, -0.25) is 4.79 Å². The molecule has 2 rings (SSSR count). The summed E-state index contributed by atoms with van der Waals surface area (Å²) in [5.41, 5.74) is 1.72. The Morgan fingerprint density at radius 1 is 1.43 bits per heavy atom. The molecule has 0 aliphatic carbocycles. The molecule has 0 bridgehead atoms. The van der Waals surface area contributed by atoms with Crippen LogP contribution in [0.4, 0.5) is 0 Å². The molecule has 1 saturated heterocycles. The maximum Gasteiger partial charge on any atom is 0.330 e. The van der Waals surface area contributed by atoms with E-state index in [1.807, 2.05) is 0 Å². The van der Waals surface area contributed by atoms with Crippen LogP contribution in [0.3, 0.4) is 0 Å². The lowest BCUT2D eigenvalue weighted by Gasteiger charge is -2.34. The molecule has 1 aromatic heterocycles. The highest BCUT2D eigenvalue weighted by Gasteiger charge is 2.34. The number of rotatable bonds is 3. The van der Waals surface area contributed by atoms with Crippen LogP contribution in [-0.4, -0.2) is 59.3 Å². The quantitative estimate of drug-likeness (QED) is 0.794. The van der Waals surface area contributed by atoms with Crippen molar-refractivity contribution in [2.75, 3.05) is 26.2 Å². The van der Waals surface area contributed by atoms with Gasteiger partial charge in [-0.05, 0) is 26.8 Å². The van der Waals surface area contributed by atoms with E-state index in [9.17, 15) is 9.59 Å². The summed E-state index contributed by atoms with van der Waals surface area (Å²) in [5, 5.41) is 11.0. The van der Waals surface area contributed by atoms with Crippen LogP contribution in [0.5, 0.6) is 0 Å². The average Bonchev–Trinajstić information content (AvgIpc) is 2.49. The Hall–Kier alpha value is -2.02. The van der Waals surface area contributed by atoms with Gasteiger partial charge in [-0.15, -0.1) is 0 Å². The second-order valence-electron chi connectivity index (χ2n) is 4.96. The van der Waals surface area contributed by atoms with Crippen LogP contribution in [0, 0.1) is 13.8 Å². The minimum Gasteiger partial charge on any atom is -0.464 e. The molecule has 0 saturated carbocycles. The topological polar surface area (TPSA) is 84.4 Å². The highest BCUT2D eigenvalue weighted by atomic mass is 16.5. The first-order valence-electron chi connectivity index (χ1n) is 7.03. The van der Waals surface area contributed by atoms with E-state index in [0.29, 0.717) is 43.2 Å². The Morgan fingerprint density at radius 2 is 2.19 bits per heavy atom. The SMILES string of the molecule is CCOC(=O)C1CNCCN1C(=O)c1cc(C)nnc1C. The van der Waals surface area contributed by atoms with Crippen molar-refractivity contribution < 1.29 is 14.3 Å². The molecule has 1 atom stereocenters. The minimum atomic E-state index is -0.598. The third-order valence-corrected chi connectivity index (χ3v) is 3.39. The van der Waals surface area contributed by atoms with Crippen molar-refractivity contribution in [2.45, 2.75) is 26.8 Å². The van der Waals surface area contributed by atoms with Crippen molar-refractivity contribution in [3.05, 3.63) is 23.0 Å². The van der Waals surface area contributed by atoms with Crippen molar-refractivity contribution in [3.63, 3.8) is 0 Å². The molecular formula is C14H20N4O3. The van der Waals surface area contributed by atoms with Crippen LogP contribution in [0.1, 0.15) is 28.7 Å². The van der Waals surface area contributed by atoms with Crippen LogP contribution in [-0.2, 0) is 9.53 Å². The highest BCUT2D eigenvalue weighted by Crippen LogP contribution is 2.14. The van der Waals surface area contributed by atoms with Crippen LogP contribution in [0.2, 0.25) is 0 Å². The van der Waals surface area contributed by atoms with E-state index >= 15 is 0 Å². The first-order chi connectivity index (χ1) is 10.0. The van der Waals surface area contributed by atoms with Gasteiger partial charge in [0, 0.05) is 19.6 Å². The molecule has 21 heavy (non-hydrogen) atoms. The van der Waals surface area contributed by atoms with Crippen LogP contribution >= 0.6 is 0 Å². The number of piperazine rings is 1. The first kappa shape index (κ1) is 15.4. The molecule has 1 aliphatic heterocycles. The van der Waals surface area contributed by atoms with Gasteiger partial charge in [0.1, 0.15) is 6.04 Å². The predicted molar refractivity (Wildman–Crippen MR) is 75.8 cm³/mol. The van der Waals surface area contributed by atoms with Gasteiger partial charge in [0.05, 0.1) is 23.6 Å². The van der Waals surface area contributed by atoms with Crippen molar-refractivity contribution in [1.82, 2.24) is 20.4 Å². The Balaban J connectivity index is 2.26. The summed E-state index contributed by atoms with van der Waals surface area (Å²) in [6.45, 7) is 7.08. The zero-order valence-electron chi connectivity index (χ0n) is 12.5. The third-order valence-electron chi connectivity index (χ3n) is 3.39. The number of esters is 1. The van der Waals surface area contributed by atoms with Crippen molar-refractivity contribution >= 4 is 11.9 Å². The Kier molecular flexibility index (Phi) is 4.85. The molecule has 1 aromatic rings. The van der Waals surface area contributed by atoms with Crippen LogP contribution < -0.4 is 5.32 Å². The Bertz CT molecular complexity index is 547. The van der Waals surface area contributed by atoms with Crippen molar-refractivity contribution in [1.29, 1.82) is 0 Å². The van der Waals surface area contributed by atoms with E-state index in [4.69, 9.17) is 4.74 Å². The zero-order chi connectivity index (χ0) is 15.4. The van der Waals surface area contributed by atoms with E-state index in [1.54, 1.807) is 31.7 Å². The fraction of sp³-hybridized carbons (Fsp3) is 0.571. The van der Waals surface area contributed by atoms with E-state index in [0.717, 1.165) is 0 Å². The molecular weight excluding hydrogens is 272 g/mol. The number of hydrogen-bond acceptors (Lipinski definition) is 6. The van der Waals surface area contributed by atoms with Gasteiger partial charge >= 0.3 is 5.97 Å². The molecule has 7 nitrogen and oxygen atoms in total. The number of hydrogen-bond donors (Lipinski definition) is 1. The monoisotopic (exact) mass is 292 g/mol. The fourth-order valence-corrected chi connectivity index (χ4v) is 2.32. The number of aromatic nitrogens is 2. The van der Waals surface area contributed by atoms with Gasteiger partial charge in [-0.2, -0.15) is 10.2 Å². The summed E-state index contributed by atoms with van der Waals surface area (Å²) in [5.74, 6) is -0.584. The maximum atomic E-state index is 12.7. The Labute approximate surface area is 123 Å². The molecule has 114 valence electrons. The summed E-state index contributed by atoms with van der Waals surface area (Å²) in [6, 6.07) is 1.11. The lowest BCUT2D eigenvalue weighted by molar-refractivity contribution is -0.149. The lowest BCUT2D eigenvalue weighted by atomic mass is 10.1. The normalized spacial score (nSPS) is 18.4. The number of ether oxygens (including phenoxy) is 1. The molecule has 0 spiro atoms. The molecule has 7 heteroatoms. The number of nitrogens with zero attached hydrogens (tertiary/aromatic N) is 3. The standard InChI is InChI=1S/C14H20N4O3/c1-4-21-14(20)12-8-15-5-6-18(12)13(19)11-7-9(2)16-17-10(11)3/h7,12,15H,4-6,8H2,1-3H3. The van der Waals surface area contributed by atoms with Gasteiger partial charge in [0.2, 0.25) is 0 Å². The maximum absolute atomic E-state index is 12.7. The van der Waals surface area contributed by atoms with Gasteiger partial charge in [-0.1, -0.05) is 0 Å². The predicted octanol–water partition coefficient (Wildman–Crippen LogP) is 0.0705. The molecule has 1 unspecified atom stereocenters. The summed E-state index contributed by atoms with van der Waals surface area (Å²) in [4.78, 5) is 26.3. The molecule has 0 aromatic carbocycles. The van der Waals surface area contributed by atoms with E-state index in [-0.39, 0.29) is 11.9 Å². The van der Waals surface area contributed by atoms with Gasteiger partial charge in [0.15, 0.2) is 0 Å². The molecule has 2 heterocycles. The van der Waals surface area contributed by atoms with Crippen LogP contribution in [0.15, 0.2) is 6.07 Å². The number of nitrogens with one attached hydrogen (secondary N) is 1. The van der Waals surface area contributed by atoms with Crippen molar-refractivity contribution in [2.24, 2.45) is 0 Å². The van der Waals surface area contributed by atoms with Gasteiger partial charge < -0.3 is 15.0 Å². The van der Waals surface area contributed by atoms with Crippen LogP contribution in [0.25, 0.3) is 0 Å². The molecule has 1 fully saturated rings. The first-order valence-corrected chi connectivity index (χ1v) is 7.03. The van der Waals surface area contributed by atoms with Gasteiger partial charge in [0.25, 0.3) is 5.91 Å². The van der Waals surface area contributed by atoms with E-state index < -0.39 is 6.04 Å². The smallest absolute Gasteiger partial charge is 0.330 e. The summed E-state index contributed by atoms with van der Waals surface area (Å²) < 4.78 is 5.05. The number of carbonyl (C=O) groups excluding carboxylic acids is 2. The average molecular weight is 292 g/mol. The zero-order valence-corrected chi connectivity index (χ0v) is 12.5. The number of amides is 1. The molecule has 1 amide bonds. The molecule has 1 aliphatic rings. The van der Waals surface area contributed by atoms with Crippen molar-refractivity contribution in [3.8, 4) is 0 Å². The Morgan fingerprint density at radius 3 is 2.90 bits per heavy atom. The van der Waals surface area contributed by atoms with E-state index in [2.05, 4.69) is 15.5 Å². The largest absolute Gasteiger partial charge is 0.464 e. The molecule has 1 N–H and O–H groups in total. The summed E-state index contributed by atoms with van der Waals surface area (Å²) in [6.07, 6.45) is 0. The van der Waals surface area contributed by atoms with E-state index in [1.165, 1.54) is 0 Å². The molecule has 0 radical (unpaired) electrons. The number of carbonyl (C=O) groups is 2. The summed E-state index contributed by atoms with van der Waals surface area (Å²) >= 11 is 0. The second kappa shape index (κ2) is 6.62. The third kappa shape index (κ3) is 3.36. The highest BCUT2D eigenvalue weighted by molar-refractivity contribution is 5.97. The summed E-state index contributed by atoms with van der Waals surface area (Å²) in [7, 11) is 0. The second-order valence-corrected chi connectivity index (χ2v) is 4.96. The lowest BCUT2D eigenvalue weighted by Crippen LogP contribution is -2.57.